The second-order valence-electron chi connectivity index (χ2n) is 4.73. The number of nitrogens with two attached hydrogens (primary N) is 1. The SMILES string of the molecule is NC(=NCC(=O)NCC(F)F)NC1CCCCCC1. The second kappa shape index (κ2) is 8.66. The van der Waals surface area contributed by atoms with Crippen LogP contribution >= 0.6 is 0 Å². The Morgan fingerprint density at radius 2 is 1.89 bits per heavy atom. The van der Waals surface area contributed by atoms with Gasteiger partial charge in [-0.15, -0.1) is 0 Å². The first-order chi connectivity index (χ1) is 9.08. The lowest BCUT2D eigenvalue weighted by Crippen LogP contribution is -2.40. The highest BCUT2D eigenvalue weighted by atomic mass is 19.3. The van der Waals surface area contributed by atoms with E-state index in [-0.39, 0.29) is 12.5 Å². The van der Waals surface area contributed by atoms with E-state index in [9.17, 15) is 13.6 Å². The van der Waals surface area contributed by atoms with Gasteiger partial charge in [-0.05, 0) is 12.8 Å². The van der Waals surface area contributed by atoms with Crippen LogP contribution in [0, 0.1) is 0 Å². The molecule has 0 radical (unpaired) electrons. The lowest BCUT2D eigenvalue weighted by Gasteiger charge is -2.16. The van der Waals surface area contributed by atoms with Crippen molar-refractivity contribution in [2.45, 2.75) is 51.0 Å². The average Bonchev–Trinajstić information content (AvgIpc) is 2.62. The number of alkyl halides is 2. The molecule has 1 aliphatic rings. The van der Waals surface area contributed by atoms with Gasteiger partial charge in [0.1, 0.15) is 6.54 Å². The highest BCUT2D eigenvalue weighted by Gasteiger charge is 2.12. The van der Waals surface area contributed by atoms with Crippen LogP contribution in [-0.2, 0) is 4.79 Å². The molecule has 19 heavy (non-hydrogen) atoms. The van der Waals surface area contributed by atoms with Crippen molar-refractivity contribution in [3.8, 4) is 0 Å². The van der Waals surface area contributed by atoms with Crippen LogP contribution in [0.4, 0.5) is 8.78 Å². The van der Waals surface area contributed by atoms with Crippen molar-refractivity contribution in [2.75, 3.05) is 13.1 Å². The van der Waals surface area contributed by atoms with Crippen LogP contribution < -0.4 is 16.4 Å². The molecule has 0 aliphatic heterocycles. The predicted molar refractivity (Wildman–Crippen MR) is 70.1 cm³/mol. The lowest BCUT2D eigenvalue weighted by molar-refractivity contribution is -0.120. The zero-order chi connectivity index (χ0) is 14.1. The molecule has 0 aromatic rings. The molecular weight excluding hydrogens is 254 g/mol. The molecule has 1 saturated carbocycles. The van der Waals surface area contributed by atoms with Crippen LogP contribution in [0.1, 0.15) is 38.5 Å². The highest BCUT2D eigenvalue weighted by Crippen LogP contribution is 2.16. The van der Waals surface area contributed by atoms with Crippen LogP contribution in [0.25, 0.3) is 0 Å². The summed E-state index contributed by atoms with van der Waals surface area (Å²) in [6.45, 7) is -0.872. The highest BCUT2D eigenvalue weighted by molar-refractivity contribution is 5.84. The number of amides is 1. The van der Waals surface area contributed by atoms with Gasteiger partial charge in [-0.1, -0.05) is 25.7 Å². The monoisotopic (exact) mass is 276 g/mol. The van der Waals surface area contributed by atoms with E-state index in [0.29, 0.717) is 6.04 Å². The number of guanidine groups is 1. The molecule has 0 aromatic carbocycles. The van der Waals surface area contributed by atoms with Gasteiger partial charge in [0.05, 0.1) is 6.54 Å². The first-order valence-electron chi connectivity index (χ1n) is 6.69. The Kier molecular flexibility index (Phi) is 7.14. The molecular formula is C12H22F2N4O. The van der Waals surface area contributed by atoms with Crippen LogP contribution in [0.3, 0.4) is 0 Å². The molecule has 1 amide bonds. The van der Waals surface area contributed by atoms with E-state index in [1.807, 2.05) is 0 Å². The molecule has 0 spiro atoms. The molecule has 0 saturated heterocycles. The summed E-state index contributed by atoms with van der Waals surface area (Å²) in [6.07, 6.45) is 4.37. The maximum absolute atomic E-state index is 11.9. The summed E-state index contributed by atoms with van der Waals surface area (Å²) in [5, 5.41) is 5.15. The number of carbonyl (C=O) groups excluding carboxylic acids is 1. The minimum atomic E-state index is -2.55. The topological polar surface area (TPSA) is 79.5 Å². The van der Waals surface area contributed by atoms with E-state index < -0.39 is 18.9 Å². The van der Waals surface area contributed by atoms with Gasteiger partial charge in [-0.3, -0.25) is 4.79 Å². The first kappa shape index (κ1) is 15.7. The molecule has 0 unspecified atom stereocenters. The number of aliphatic imine (C=N–C) groups is 1. The Morgan fingerprint density at radius 1 is 1.26 bits per heavy atom. The van der Waals surface area contributed by atoms with Gasteiger partial charge in [0.25, 0.3) is 6.43 Å². The van der Waals surface area contributed by atoms with Gasteiger partial charge >= 0.3 is 0 Å². The zero-order valence-electron chi connectivity index (χ0n) is 11.0. The third-order valence-electron chi connectivity index (χ3n) is 3.05. The molecule has 4 N–H and O–H groups in total. The molecule has 1 aliphatic carbocycles. The molecule has 0 heterocycles. The number of carbonyl (C=O) groups is 1. The van der Waals surface area contributed by atoms with Gasteiger partial charge in [-0.2, -0.15) is 0 Å². The fourth-order valence-corrected chi connectivity index (χ4v) is 2.08. The summed E-state index contributed by atoms with van der Waals surface area (Å²) in [5.41, 5.74) is 5.67. The van der Waals surface area contributed by atoms with Gasteiger partial charge in [0.15, 0.2) is 5.96 Å². The smallest absolute Gasteiger partial charge is 0.255 e. The second-order valence-corrected chi connectivity index (χ2v) is 4.73. The number of rotatable bonds is 5. The van der Waals surface area contributed by atoms with Crippen molar-refractivity contribution in [1.29, 1.82) is 0 Å². The Balaban J connectivity index is 2.25. The van der Waals surface area contributed by atoms with Crippen LogP contribution in [-0.4, -0.2) is 37.4 Å². The van der Waals surface area contributed by atoms with Gasteiger partial charge < -0.3 is 16.4 Å². The van der Waals surface area contributed by atoms with E-state index in [4.69, 9.17) is 5.73 Å². The molecule has 1 rings (SSSR count). The van der Waals surface area contributed by atoms with Crippen molar-refractivity contribution in [2.24, 2.45) is 10.7 Å². The number of nitrogens with zero attached hydrogens (tertiary/aromatic N) is 1. The number of halogens is 2. The van der Waals surface area contributed by atoms with Crippen molar-refractivity contribution < 1.29 is 13.6 Å². The number of nitrogens with one attached hydrogen (secondary N) is 2. The third kappa shape index (κ3) is 7.58. The molecule has 0 bridgehead atoms. The summed E-state index contributed by atoms with van der Waals surface area (Å²) >= 11 is 0. The van der Waals surface area contributed by atoms with Gasteiger partial charge in [0.2, 0.25) is 5.91 Å². The first-order valence-corrected chi connectivity index (χ1v) is 6.69. The van der Waals surface area contributed by atoms with E-state index in [1.165, 1.54) is 25.7 Å². The maximum Gasteiger partial charge on any atom is 0.255 e. The van der Waals surface area contributed by atoms with Crippen LogP contribution in [0.15, 0.2) is 4.99 Å². The quantitative estimate of drug-likeness (QED) is 0.398. The fourth-order valence-electron chi connectivity index (χ4n) is 2.08. The minimum absolute atomic E-state index is 0.207. The molecule has 0 aromatic heterocycles. The molecule has 0 atom stereocenters. The van der Waals surface area contributed by atoms with E-state index in [2.05, 4.69) is 15.6 Å². The number of hydrogen-bond acceptors (Lipinski definition) is 2. The summed E-state index contributed by atoms with van der Waals surface area (Å²) in [6, 6.07) is 0.301. The molecule has 110 valence electrons. The number of hydrogen-bond donors (Lipinski definition) is 3. The zero-order valence-corrected chi connectivity index (χ0v) is 11.0. The standard InChI is InChI=1S/C12H22F2N4O/c13-10(14)7-16-11(19)8-17-12(15)18-9-5-3-1-2-4-6-9/h9-10H,1-8H2,(H,16,19)(H3,15,17,18). The van der Waals surface area contributed by atoms with E-state index in [0.717, 1.165) is 12.8 Å². The molecule has 1 fully saturated rings. The van der Waals surface area contributed by atoms with Gasteiger partial charge in [-0.25, -0.2) is 13.8 Å². The van der Waals surface area contributed by atoms with Crippen molar-refractivity contribution in [1.82, 2.24) is 10.6 Å². The average molecular weight is 276 g/mol. The van der Waals surface area contributed by atoms with Crippen LogP contribution in [0.2, 0.25) is 0 Å². The molecule has 5 nitrogen and oxygen atoms in total. The van der Waals surface area contributed by atoms with Crippen molar-refractivity contribution in [3.63, 3.8) is 0 Å². The Bertz CT molecular complexity index is 302. The Labute approximate surface area is 112 Å². The summed E-state index contributed by atoms with van der Waals surface area (Å²) in [7, 11) is 0. The van der Waals surface area contributed by atoms with Crippen molar-refractivity contribution in [3.05, 3.63) is 0 Å². The van der Waals surface area contributed by atoms with Gasteiger partial charge in [0, 0.05) is 6.04 Å². The van der Waals surface area contributed by atoms with Crippen molar-refractivity contribution >= 4 is 11.9 Å². The van der Waals surface area contributed by atoms with Crippen LogP contribution in [0.5, 0.6) is 0 Å². The summed E-state index contributed by atoms with van der Waals surface area (Å²) in [5.74, 6) is -0.343. The van der Waals surface area contributed by atoms with E-state index >= 15 is 0 Å². The fraction of sp³-hybridized carbons (Fsp3) is 0.833. The van der Waals surface area contributed by atoms with E-state index in [1.54, 1.807) is 0 Å². The third-order valence-corrected chi connectivity index (χ3v) is 3.05. The summed E-state index contributed by atoms with van der Waals surface area (Å²) < 4.78 is 23.7. The Hall–Kier alpha value is -1.40. The predicted octanol–water partition coefficient (Wildman–Crippen LogP) is 0.995. The normalized spacial score (nSPS) is 18.2. The summed E-state index contributed by atoms with van der Waals surface area (Å²) in [4.78, 5) is 15.0. The molecule has 7 heteroatoms. The maximum atomic E-state index is 11.9. The minimum Gasteiger partial charge on any atom is -0.370 e. The largest absolute Gasteiger partial charge is 0.370 e. The Morgan fingerprint density at radius 3 is 2.47 bits per heavy atom. The lowest BCUT2D eigenvalue weighted by atomic mass is 10.1.